The van der Waals surface area contributed by atoms with Gasteiger partial charge in [0.05, 0.1) is 27.3 Å². The highest BCUT2D eigenvalue weighted by atomic mass is 32.1. The second-order valence-corrected chi connectivity index (χ2v) is 14.8. The zero-order chi connectivity index (χ0) is 33.5. The third-order valence-corrected chi connectivity index (χ3v) is 10.3. The number of rotatable bonds is 10. The Kier molecular flexibility index (Phi) is 8.62. The molecule has 0 spiro atoms. The van der Waals surface area contributed by atoms with Crippen LogP contribution in [0.4, 0.5) is 0 Å². The van der Waals surface area contributed by atoms with Gasteiger partial charge in [-0.3, -0.25) is 14.4 Å². The first kappa shape index (κ1) is 32.3. The molecular weight excluding hydrogens is 639 g/mol. The number of hydrogen-bond acceptors (Lipinski definition) is 9. The molecule has 3 amide bonds. The number of nitrogens with zero attached hydrogens (tertiary/aromatic N) is 3. The largest absolute Gasteiger partial charge is 0.479 e. The van der Waals surface area contributed by atoms with Gasteiger partial charge in [0.15, 0.2) is 0 Å². The third-order valence-electron chi connectivity index (χ3n) is 8.58. The highest BCUT2D eigenvalue weighted by Crippen LogP contribution is 2.45. The Morgan fingerprint density at radius 3 is 2.36 bits per heavy atom. The number of ether oxygens (including phenoxy) is 1. The van der Waals surface area contributed by atoms with Crippen molar-refractivity contribution in [2.24, 2.45) is 11.3 Å². The lowest BCUT2D eigenvalue weighted by Crippen LogP contribution is -2.59. The molecule has 11 nitrogen and oxygen atoms in total. The lowest BCUT2D eigenvalue weighted by molar-refractivity contribution is -0.146. The predicted molar refractivity (Wildman–Crippen MR) is 179 cm³/mol. The van der Waals surface area contributed by atoms with Crippen LogP contribution >= 0.6 is 22.7 Å². The van der Waals surface area contributed by atoms with Gasteiger partial charge in [-0.15, -0.1) is 29.3 Å². The average Bonchev–Trinajstić information content (AvgIpc) is 3.54. The molecule has 6 rings (SSSR count). The Bertz CT molecular complexity index is 1840. The van der Waals surface area contributed by atoms with Crippen molar-refractivity contribution in [3.63, 3.8) is 0 Å². The van der Waals surface area contributed by atoms with E-state index in [1.807, 2.05) is 62.5 Å². The van der Waals surface area contributed by atoms with Crippen molar-refractivity contribution in [3.05, 3.63) is 76.8 Å². The van der Waals surface area contributed by atoms with E-state index >= 15 is 0 Å². The molecule has 47 heavy (non-hydrogen) atoms. The maximum absolute atomic E-state index is 14.4. The summed E-state index contributed by atoms with van der Waals surface area (Å²) in [4.78, 5) is 65.9. The molecule has 1 aromatic carbocycles. The average molecular weight is 674 g/mol. The van der Waals surface area contributed by atoms with E-state index in [0.717, 1.165) is 4.88 Å². The predicted octanol–water partition coefficient (Wildman–Crippen LogP) is 4.76. The molecule has 1 aliphatic heterocycles. The van der Waals surface area contributed by atoms with Crippen LogP contribution in [0.3, 0.4) is 0 Å². The molecule has 1 saturated carbocycles. The second kappa shape index (κ2) is 12.5. The van der Waals surface area contributed by atoms with Crippen LogP contribution in [-0.2, 0) is 14.4 Å². The molecule has 1 aliphatic carbocycles. The lowest BCUT2D eigenvalue weighted by atomic mass is 9.85. The van der Waals surface area contributed by atoms with Crippen molar-refractivity contribution in [2.75, 3.05) is 6.54 Å². The highest BCUT2D eigenvalue weighted by Gasteiger charge is 2.61. The molecule has 0 radical (unpaired) electrons. The molecule has 3 aromatic heterocycles. The Labute approximate surface area is 279 Å². The van der Waals surface area contributed by atoms with Crippen molar-refractivity contribution in [2.45, 2.75) is 57.3 Å². The zero-order valence-corrected chi connectivity index (χ0v) is 27.8. The summed E-state index contributed by atoms with van der Waals surface area (Å²) in [5.41, 5.74) is -0.359. The van der Waals surface area contributed by atoms with Crippen LogP contribution in [-0.4, -0.2) is 73.9 Å². The Hall–Kier alpha value is -4.62. The number of nitrogens with one attached hydrogen (secondary N) is 2. The Morgan fingerprint density at radius 1 is 1.06 bits per heavy atom. The number of benzene rings is 1. The van der Waals surface area contributed by atoms with E-state index in [0.29, 0.717) is 21.6 Å². The molecule has 4 heterocycles. The van der Waals surface area contributed by atoms with Gasteiger partial charge in [-0.05, 0) is 46.9 Å². The molecule has 3 N–H and O–H groups in total. The third kappa shape index (κ3) is 6.37. The molecule has 2 fully saturated rings. The lowest BCUT2D eigenvalue weighted by Gasteiger charge is -2.35. The SMILES string of the molecule is C=C[C@@H]1CC1(NC(=O)[C@@H]1C[C@@H](Oc2nc3ccccc3nc2-c2cccs2)CN1C(=O)[C@@H](NC(=O)c1cccs1)C(C)(C)C)C(=O)O. The van der Waals surface area contributed by atoms with Gasteiger partial charge in [0, 0.05) is 12.3 Å². The number of carbonyl (C=O) groups is 4. The van der Waals surface area contributed by atoms with Crippen LogP contribution in [0.5, 0.6) is 5.88 Å². The van der Waals surface area contributed by atoms with E-state index in [4.69, 9.17) is 14.7 Å². The summed E-state index contributed by atoms with van der Waals surface area (Å²) >= 11 is 2.74. The molecular formula is C34H35N5O6S2. The van der Waals surface area contributed by atoms with Crippen LogP contribution in [0.25, 0.3) is 21.6 Å². The van der Waals surface area contributed by atoms with E-state index in [1.54, 1.807) is 17.5 Å². The van der Waals surface area contributed by atoms with Crippen LogP contribution in [0.2, 0.25) is 0 Å². The molecule has 1 unspecified atom stereocenters. The number of carboxylic acid groups (broad SMARTS) is 1. The number of carbonyl (C=O) groups excluding carboxylic acids is 3. The molecule has 244 valence electrons. The van der Waals surface area contributed by atoms with E-state index in [2.05, 4.69) is 17.2 Å². The monoisotopic (exact) mass is 673 g/mol. The molecule has 0 bridgehead atoms. The molecule has 5 atom stereocenters. The van der Waals surface area contributed by atoms with Crippen LogP contribution in [0.1, 0.15) is 43.3 Å². The standard InChI is InChI=1S/C34H35N5O6S2/c1-5-19-17-34(19,32(43)44)38-28(40)23-16-20(18-39(23)31(42)27(33(2,3)4)37-29(41)25-13-9-15-47-25)45-30-26(24-12-8-14-46-24)35-21-10-6-7-11-22(21)36-30/h5-15,19-20,23,27H,1,16-18H2,2-4H3,(H,37,41)(H,38,40)(H,43,44)/t19-,20-,23+,27-,34?/m1/s1. The summed E-state index contributed by atoms with van der Waals surface area (Å²) < 4.78 is 6.48. The number of aliphatic carboxylic acids is 1. The minimum Gasteiger partial charge on any atom is -0.479 e. The smallest absolute Gasteiger partial charge is 0.330 e. The summed E-state index contributed by atoms with van der Waals surface area (Å²) in [5.74, 6) is -2.82. The summed E-state index contributed by atoms with van der Waals surface area (Å²) in [5, 5.41) is 19.3. The first-order valence-corrected chi connectivity index (χ1v) is 17.0. The normalized spacial score (nSPS) is 22.8. The second-order valence-electron chi connectivity index (χ2n) is 12.9. The minimum absolute atomic E-state index is 0.00170. The summed E-state index contributed by atoms with van der Waals surface area (Å²) in [6.45, 7) is 9.21. The van der Waals surface area contributed by atoms with Gasteiger partial charge in [-0.2, -0.15) is 0 Å². The number of thiophene rings is 2. The molecule has 1 saturated heterocycles. The maximum Gasteiger partial charge on any atom is 0.330 e. The zero-order valence-electron chi connectivity index (χ0n) is 26.1. The molecule has 2 aliphatic rings. The van der Waals surface area contributed by atoms with Gasteiger partial charge >= 0.3 is 5.97 Å². The number of hydrogen-bond donors (Lipinski definition) is 3. The fraction of sp³-hybridized carbons (Fsp3) is 0.353. The van der Waals surface area contributed by atoms with Gasteiger partial charge in [0.25, 0.3) is 5.91 Å². The first-order chi connectivity index (χ1) is 22.4. The van der Waals surface area contributed by atoms with E-state index in [9.17, 15) is 24.3 Å². The number of amides is 3. The van der Waals surface area contributed by atoms with Crippen molar-refractivity contribution in [3.8, 4) is 16.5 Å². The van der Waals surface area contributed by atoms with Crippen molar-refractivity contribution >= 4 is 57.4 Å². The van der Waals surface area contributed by atoms with Crippen molar-refractivity contribution in [1.82, 2.24) is 25.5 Å². The van der Waals surface area contributed by atoms with Gasteiger partial charge in [-0.1, -0.05) is 51.1 Å². The van der Waals surface area contributed by atoms with E-state index in [-0.39, 0.29) is 25.3 Å². The van der Waals surface area contributed by atoms with E-state index in [1.165, 1.54) is 33.6 Å². The van der Waals surface area contributed by atoms with E-state index < -0.39 is 58.8 Å². The number of aromatic nitrogens is 2. The Morgan fingerprint density at radius 2 is 1.77 bits per heavy atom. The maximum atomic E-state index is 14.4. The summed E-state index contributed by atoms with van der Waals surface area (Å²) in [6, 6.07) is 12.6. The fourth-order valence-electron chi connectivity index (χ4n) is 5.92. The van der Waals surface area contributed by atoms with Gasteiger partial charge < -0.3 is 25.4 Å². The van der Waals surface area contributed by atoms with Gasteiger partial charge in [0.1, 0.15) is 29.4 Å². The number of carboxylic acids is 1. The number of fused-ring (bicyclic) bond motifs is 1. The Balaban J connectivity index is 1.33. The van der Waals surface area contributed by atoms with Crippen molar-refractivity contribution in [1.29, 1.82) is 0 Å². The highest BCUT2D eigenvalue weighted by molar-refractivity contribution is 7.13. The first-order valence-electron chi connectivity index (χ1n) is 15.2. The summed E-state index contributed by atoms with van der Waals surface area (Å²) in [7, 11) is 0. The topological polar surface area (TPSA) is 151 Å². The number of para-hydroxylation sites is 2. The van der Waals surface area contributed by atoms with Gasteiger partial charge in [-0.25, -0.2) is 14.8 Å². The van der Waals surface area contributed by atoms with Crippen LogP contribution in [0, 0.1) is 11.3 Å². The number of likely N-dealkylation sites (tertiary alicyclic amines) is 1. The summed E-state index contributed by atoms with van der Waals surface area (Å²) in [6.07, 6.45) is 1.10. The molecule has 13 heteroatoms. The minimum atomic E-state index is -1.49. The van der Waals surface area contributed by atoms with Crippen LogP contribution in [0.15, 0.2) is 71.9 Å². The van der Waals surface area contributed by atoms with Gasteiger partial charge in [0.2, 0.25) is 17.7 Å². The quantitative estimate of drug-likeness (QED) is 0.204. The van der Waals surface area contributed by atoms with Crippen molar-refractivity contribution < 1.29 is 29.0 Å². The fourth-order valence-corrected chi connectivity index (χ4v) is 7.25. The van der Waals surface area contributed by atoms with Crippen LogP contribution < -0.4 is 15.4 Å². The molecule has 4 aromatic rings.